The number of carbonyl (C=O) groups excluding carboxylic acids is 1. The molecule has 1 fully saturated rings. The van der Waals surface area contributed by atoms with Crippen molar-refractivity contribution in [3.63, 3.8) is 0 Å². The summed E-state index contributed by atoms with van der Waals surface area (Å²) < 4.78 is 11.1. The van der Waals surface area contributed by atoms with Crippen LogP contribution in [0.25, 0.3) is 0 Å². The van der Waals surface area contributed by atoms with Gasteiger partial charge in [-0.2, -0.15) is 0 Å². The summed E-state index contributed by atoms with van der Waals surface area (Å²) in [6, 6.07) is 14.7. The molecule has 0 saturated carbocycles. The van der Waals surface area contributed by atoms with Crippen LogP contribution < -0.4 is 10.1 Å². The molecule has 1 amide bonds. The fraction of sp³-hybridized carbons (Fsp3) is 0.409. The van der Waals surface area contributed by atoms with E-state index in [2.05, 4.69) is 5.32 Å². The molecule has 0 bridgehead atoms. The second-order valence-electron chi connectivity index (χ2n) is 7.31. The summed E-state index contributed by atoms with van der Waals surface area (Å²) in [5, 5.41) is 42.2. The van der Waals surface area contributed by atoms with Crippen LogP contribution in [0.15, 0.2) is 48.5 Å². The first kappa shape index (κ1) is 22.2. The lowest BCUT2D eigenvalue weighted by Crippen LogP contribution is -2.60. The summed E-state index contributed by atoms with van der Waals surface area (Å²) in [6.07, 6.45) is -6.39. The van der Waals surface area contributed by atoms with E-state index < -0.39 is 37.3 Å². The molecular weight excluding hydrogens is 390 g/mol. The molecule has 5 N–H and O–H groups in total. The Hall–Kier alpha value is -2.49. The summed E-state index contributed by atoms with van der Waals surface area (Å²) in [5.41, 5.74) is 2.15. The molecule has 8 nitrogen and oxygen atoms in total. The zero-order chi connectivity index (χ0) is 21.7. The number of aryl methyl sites for hydroxylation is 1. The predicted molar refractivity (Wildman–Crippen MR) is 108 cm³/mol. The third kappa shape index (κ3) is 5.16. The summed E-state index contributed by atoms with van der Waals surface area (Å²) in [5.74, 6) is -0.193. The summed E-state index contributed by atoms with van der Waals surface area (Å²) in [7, 11) is 0. The van der Waals surface area contributed by atoms with Crippen molar-refractivity contribution in [2.75, 3.05) is 13.2 Å². The van der Waals surface area contributed by atoms with E-state index in [0.717, 1.165) is 11.1 Å². The smallest absolute Gasteiger partial charge is 0.255 e. The number of rotatable bonds is 7. The Morgan fingerprint density at radius 2 is 1.80 bits per heavy atom. The Bertz CT molecular complexity index is 843. The largest absolute Gasteiger partial charge is 0.461 e. The highest BCUT2D eigenvalue weighted by Crippen LogP contribution is 2.27. The number of hydrogen-bond donors (Lipinski definition) is 5. The molecule has 2 aromatic rings. The SMILES string of the molecule is Cc1ccc(C(=O)NCCc2ccccc2)c(O[C@@H]2OC(CO)C(O)C(O)C2O)c1. The maximum Gasteiger partial charge on any atom is 0.255 e. The van der Waals surface area contributed by atoms with E-state index in [1.807, 2.05) is 37.3 Å². The number of ether oxygens (including phenoxy) is 2. The molecule has 4 unspecified atom stereocenters. The number of amides is 1. The minimum Gasteiger partial charge on any atom is -0.461 e. The van der Waals surface area contributed by atoms with E-state index in [9.17, 15) is 25.2 Å². The molecule has 8 heteroatoms. The van der Waals surface area contributed by atoms with Gasteiger partial charge in [0.05, 0.1) is 12.2 Å². The monoisotopic (exact) mass is 417 g/mol. The van der Waals surface area contributed by atoms with E-state index in [0.29, 0.717) is 13.0 Å². The third-order valence-corrected chi connectivity index (χ3v) is 5.02. The Morgan fingerprint density at radius 1 is 1.07 bits per heavy atom. The number of nitrogens with one attached hydrogen (secondary N) is 1. The van der Waals surface area contributed by atoms with Gasteiger partial charge in [-0.25, -0.2) is 0 Å². The van der Waals surface area contributed by atoms with Gasteiger partial charge in [-0.15, -0.1) is 0 Å². The molecule has 3 rings (SSSR count). The fourth-order valence-corrected chi connectivity index (χ4v) is 3.26. The maximum absolute atomic E-state index is 12.7. The van der Waals surface area contributed by atoms with Crippen LogP contribution in [0.2, 0.25) is 0 Å². The molecule has 1 aliphatic rings. The Morgan fingerprint density at radius 3 is 2.50 bits per heavy atom. The highest BCUT2D eigenvalue weighted by Gasteiger charge is 2.45. The lowest BCUT2D eigenvalue weighted by molar-refractivity contribution is -0.277. The van der Waals surface area contributed by atoms with Gasteiger partial charge in [0.1, 0.15) is 30.2 Å². The van der Waals surface area contributed by atoms with Crippen molar-refractivity contribution in [3.8, 4) is 5.75 Å². The number of carbonyl (C=O) groups is 1. The van der Waals surface area contributed by atoms with Crippen LogP contribution in [-0.2, 0) is 11.2 Å². The minimum absolute atomic E-state index is 0.163. The van der Waals surface area contributed by atoms with Gasteiger partial charge < -0.3 is 35.2 Å². The van der Waals surface area contributed by atoms with Crippen LogP contribution >= 0.6 is 0 Å². The molecule has 1 aliphatic heterocycles. The molecule has 162 valence electrons. The van der Waals surface area contributed by atoms with E-state index >= 15 is 0 Å². The van der Waals surface area contributed by atoms with E-state index in [-0.39, 0.29) is 17.2 Å². The topological polar surface area (TPSA) is 128 Å². The molecule has 1 heterocycles. The molecule has 30 heavy (non-hydrogen) atoms. The minimum atomic E-state index is -1.56. The van der Waals surface area contributed by atoms with E-state index in [1.54, 1.807) is 18.2 Å². The Kier molecular flexibility index (Phi) is 7.41. The second-order valence-corrected chi connectivity index (χ2v) is 7.31. The van der Waals surface area contributed by atoms with Gasteiger partial charge in [0, 0.05) is 6.54 Å². The maximum atomic E-state index is 12.7. The first-order valence-electron chi connectivity index (χ1n) is 9.80. The average Bonchev–Trinajstić information content (AvgIpc) is 2.75. The van der Waals surface area contributed by atoms with Gasteiger partial charge in [-0.3, -0.25) is 4.79 Å². The summed E-state index contributed by atoms with van der Waals surface area (Å²) >= 11 is 0. The van der Waals surface area contributed by atoms with Gasteiger partial charge in [-0.05, 0) is 36.6 Å². The van der Waals surface area contributed by atoms with Crippen molar-refractivity contribution in [2.45, 2.75) is 44.1 Å². The van der Waals surface area contributed by atoms with Gasteiger partial charge in [0.25, 0.3) is 5.91 Å². The lowest BCUT2D eigenvalue weighted by Gasteiger charge is -2.39. The predicted octanol–water partition coefficient (Wildman–Crippen LogP) is 0.146. The van der Waals surface area contributed by atoms with Crippen LogP contribution in [0.1, 0.15) is 21.5 Å². The molecule has 0 aliphatic carbocycles. The van der Waals surface area contributed by atoms with Crippen molar-refractivity contribution >= 4 is 5.91 Å². The molecule has 0 radical (unpaired) electrons. The van der Waals surface area contributed by atoms with Crippen LogP contribution in [0.4, 0.5) is 0 Å². The number of hydrogen-bond acceptors (Lipinski definition) is 7. The first-order valence-corrected chi connectivity index (χ1v) is 9.80. The van der Waals surface area contributed by atoms with Crippen molar-refractivity contribution in [2.24, 2.45) is 0 Å². The molecule has 1 saturated heterocycles. The van der Waals surface area contributed by atoms with Crippen molar-refractivity contribution in [1.82, 2.24) is 5.32 Å². The third-order valence-electron chi connectivity index (χ3n) is 5.02. The highest BCUT2D eigenvalue weighted by molar-refractivity contribution is 5.97. The second kappa shape index (κ2) is 10.0. The van der Waals surface area contributed by atoms with Crippen molar-refractivity contribution < 1.29 is 34.7 Å². The molecule has 0 spiro atoms. The van der Waals surface area contributed by atoms with Gasteiger partial charge in [0.15, 0.2) is 0 Å². The average molecular weight is 417 g/mol. The van der Waals surface area contributed by atoms with Crippen LogP contribution in [0, 0.1) is 6.92 Å². The molecule has 0 aromatic heterocycles. The van der Waals surface area contributed by atoms with E-state index in [4.69, 9.17) is 9.47 Å². The Labute approximate surface area is 174 Å². The zero-order valence-corrected chi connectivity index (χ0v) is 16.6. The van der Waals surface area contributed by atoms with Crippen LogP contribution in [-0.4, -0.2) is 70.2 Å². The quantitative estimate of drug-likeness (QED) is 0.434. The van der Waals surface area contributed by atoms with E-state index in [1.165, 1.54) is 0 Å². The van der Waals surface area contributed by atoms with Gasteiger partial charge in [0.2, 0.25) is 6.29 Å². The van der Waals surface area contributed by atoms with Gasteiger partial charge >= 0.3 is 0 Å². The summed E-state index contributed by atoms with van der Waals surface area (Å²) in [6.45, 7) is 1.68. The first-order chi connectivity index (χ1) is 14.4. The number of aliphatic hydroxyl groups is 4. The summed E-state index contributed by atoms with van der Waals surface area (Å²) in [4.78, 5) is 12.7. The van der Waals surface area contributed by atoms with Crippen molar-refractivity contribution in [1.29, 1.82) is 0 Å². The Balaban J connectivity index is 1.70. The van der Waals surface area contributed by atoms with Crippen molar-refractivity contribution in [3.05, 3.63) is 65.2 Å². The zero-order valence-electron chi connectivity index (χ0n) is 16.6. The molecular formula is C22H27NO7. The molecule has 2 aromatic carbocycles. The van der Waals surface area contributed by atoms with Gasteiger partial charge in [-0.1, -0.05) is 36.4 Å². The lowest BCUT2D eigenvalue weighted by atomic mass is 9.99. The standard InChI is InChI=1S/C22H27NO7/c1-13-7-8-15(21(28)23-10-9-14-5-3-2-4-6-14)16(11-13)29-22-20(27)19(26)18(25)17(12-24)30-22/h2-8,11,17-20,22,24-27H,9-10,12H2,1H3,(H,23,28)/t17?,18?,19?,20?,22-/m1/s1. The normalized spacial score (nSPS) is 26.2. The highest BCUT2D eigenvalue weighted by atomic mass is 16.7. The van der Waals surface area contributed by atoms with Crippen LogP contribution in [0.3, 0.4) is 0 Å². The molecule has 5 atom stereocenters. The number of benzene rings is 2. The fourth-order valence-electron chi connectivity index (χ4n) is 3.26. The number of aliphatic hydroxyl groups excluding tert-OH is 4. The van der Waals surface area contributed by atoms with Crippen LogP contribution in [0.5, 0.6) is 5.75 Å².